The SMILES string of the molecule is Cn1nncc1NC(=O)N1CC=CC12CCCCC2. The summed E-state index contributed by atoms with van der Waals surface area (Å²) in [5.74, 6) is 0.628. The third-order valence-electron chi connectivity index (χ3n) is 4.17. The fourth-order valence-corrected chi connectivity index (χ4v) is 3.11. The molecule has 1 fully saturated rings. The molecule has 1 N–H and O–H groups in total. The number of aromatic nitrogens is 3. The van der Waals surface area contributed by atoms with Crippen LogP contribution in [-0.4, -0.2) is 38.0 Å². The van der Waals surface area contributed by atoms with Crippen LogP contribution in [0, 0.1) is 0 Å². The first-order chi connectivity index (χ1) is 9.21. The van der Waals surface area contributed by atoms with E-state index in [0.717, 1.165) is 12.8 Å². The summed E-state index contributed by atoms with van der Waals surface area (Å²) in [5, 5.41) is 10.5. The first-order valence-corrected chi connectivity index (χ1v) is 6.82. The van der Waals surface area contributed by atoms with Crippen molar-refractivity contribution >= 4 is 11.8 Å². The number of nitrogens with one attached hydrogen (secondary N) is 1. The number of nitrogens with zero attached hydrogens (tertiary/aromatic N) is 4. The van der Waals surface area contributed by atoms with E-state index in [1.165, 1.54) is 19.3 Å². The second kappa shape index (κ2) is 4.68. The number of hydrogen-bond acceptors (Lipinski definition) is 3. The second-order valence-corrected chi connectivity index (χ2v) is 5.35. The van der Waals surface area contributed by atoms with Crippen molar-refractivity contribution in [3.63, 3.8) is 0 Å². The number of carbonyl (C=O) groups is 1. The van der Waals surface area contributed by atoms with Crippen molar-refractivity contribution in [2.24, 2.45) is 7.05 Å². The van der Waals surface area contributed by atoms with Crippen molar-refractivity contribution < 1.29 is 4.79 Å². The molecular weight excluding hydrogens is 242 g/mol. The third-order valence-corrected chi connectivity index (χ3v) is 4.17. The van der Waals surface area contributed by atoms with Crippen LogP contribution in [0.1, 0.15) is 32.1 Å². The van der Waals surface area contributed by atoms with Gasteiger partial charge >= 0.3 is 6.03 Å². The average Bonchev–Trinajstić information content (AvgIpc) is 2.98. The van der Waals surface area contributed by atoms with Crippen molar-refractivity contribution in [3.05, 3.63) is 18.3 Å². The number of rotatable bonds is 1. The summed E-state index contributed by atoms with van der Waals surface area (Å²) in [6.07, 6.45) is 11.7. The zero-order chi connectivity index (χ0) is 13.3. The van der Waals surface area contributed by atoms with Crippen LogP contribution in [0.5, 0.6) is 0 Å². The Balaban J connectivity index is 1.74. The van der Waals surface area contributed by atoms with Gasteiger partial charge in [0.2, 0.25) is 0 Å². The lowest BCUT2D eigenvalue weighted by Gasteiger charge is -2.40. The van der Waals surface area contributed by atoms with Gasteiger partial charge in [-0.3, -0.25) is 5.32 Å². The molecule has 0 atom stereocenters. The maximum Gasteiger partial charge on any atom is 0.324 e. The summed E-state index contributed by atoms with van der Waals surface area (Å²) in [5.41, 5.74) is -0.0612. The molecule has 19 heavy (non-hydrogen) atoms. The quantitative estimate of drug-likeness (QED) is 0.786. The van der Waals surface area contributed by atoms with E-state index in [0.29, 0.717) is 12.4 Å². The van der Waals surface area contributed by atoms with Crippen LogP contribution in [0.15, 0.2) is 18.3 Å². The Morgan fingerprint density at radius 2 is 2.16 bits per heavy atom. The molecule has 102 valence electrons. The zero-order valence-electron chi connectivity index (χ0n) is 11.2. The van der Waals surface area contributed by atoms with Crippen LogP contribution in [0.3, 0.4) is 0 Å². The Morgan fingerprint density at radius 1 is 1.37 bits per heavy atom. The standard InChI is InChI=1S/C13H19N5O/c1-17-11(10-14-16-17)15-12(19)18-9-5-8-13(18)6-3-2-4-7-13/h5,8,10H,2-4,6-7,9H2,1H3,(H,15,19). The van der Waals surface area contributed by atoms with Crippen molar-refractivity contribution in [2.45, 2.75) is 37.6 Å². The molecule has 1 saturated carbocycles. The van der Waals surface area contributed by atoms with E-state index in [4.69, 9.17) is 0 Å². The summed E-state index contributed by atoms with van der Waals surface area (Å²) >= 11 is 0. The van der Waals surface area contributed by atoms with E-state index in [1.807, 2.05) is 4.90 Å². The Hall–Kier alpha value is -1.85. The molecule has 6 nitrogen and oxygen atoms in total. The van der Waals surface area contributed by atoms with Crippen molar-refractivity contribution in [1.29, 1.82) is 0 Å². The highest BCUT2D eigenvalue weighted by atomic mass is 16.2. The van der Waals surface area contributed by atoms with E-state index >= 15 is 0 Å². The van der Waals surface area contributed by atoms with Gasteiger partial charge < -0.3 is 4.90 Å². The Kier molecular flexibility index (Phi) is 3.00. The summed E-state index contributed by atoms with van der Waals surface area (Å²) in [6, 6.07) is -0.0581. The lowest BCUT2D eigenvalue weighted by molar-refractivity contribution is 0.142. The van der Waals surface area contributed by atoms with E-state index in [9.17, 15) is 4.79 Å². The predicted octanol–water partition coefficient (Wildman–Crippen LogP) is 1.92. The predicted molar refractivity (Wildman–Crippen MR) is 71.7 cm³/mol. The van der Waals surface area contributed by atoms with Crippen molar-refractivity contribution in [2.75, 3.05) is 11.9 Å². The molecule has 0 radical (unpaired) electrons. The van der Waals surface area contributed by atoms with Gasteiger partial charge in [-0.15, -0.1) is 5.10 Å². The Bertz CT molecular complexity index is 501. The third kappa shape index (κ3) is 2.11. The average molecular weight is 261 g/mol. The molecule has 0 aromatic carbocycles. The van der Waals surface area contributed by atoms with Crippen molar-refractivity contribution in [1.82, 2.24) is 19.9 Å². The zero-order valence-corrected chi connectivity index (χ0v) is 11.2. The van der Waals surface area contributed by atoms with Crippen LogP contribution in [0.25, 0.3) is 0 Å². The van der Waals surface area contributed by atoms with Gasteiger partial charge in [0.25, 0.3) is 0 Å². The topological polar surface area (TPSA) is 63.1 Å². The molecule has 3 rings (SSSR count). The van der Waals surface area contributed by atoms with Gasteiger partial charge in [0.15, 0.2) is 5.82 Å². The number of anilines is 1. The van der Waals surface area contributed by atoms with Crippen LogP contribution >= 0.6 is 0 Å². The van der Waals surface area contributed by atoms with Crippen LogP contribution in [0.2, 0.25) is 0 Å². The van der Waals surface area contributed by atoms with Gasteiger partial charge in [-0.05, 0) is 12.8 Å². The van der Waals surface area contributed by atoms with Gasteiger partial charge in [0, 0.05) is 13.6 Å². The van der Waals surface area contributed by atoms with Crippen molar-refractivity contribution in [3.8, 4) is 0 Å². The minimum atomic E-state index is -0.0612. The van der Waals surface area contributed by atoms with E-state index in [2.05, 4.69) is 27.8 Å². The fraction of sp³-hybridized carbons (Fsp3) is 0.615. The smallest absolute Gasteiger partial charge is 0.312 e. The molecule has 2 amide bonds. The van der Waals surface area contributed by atoms with Gasteiger partial charge in [0.05, 0.1) is 11.7 Å². The van der Waals surface area contributed by atoms with Gasteiger partial charge in [-0.2, -0.15) is 0 Å². The second-order valence-electron chi connectivity index (χ2n) is 5.35. The molecule has 1 aromatic heterocycles. The monoisotopic (exact) mass is 261 g/mol. The van der Waals surface area contributed by atoms with Gasteiger partial charge in [-0.25, -0.2) is 9.48 Å². The van der Waals surface area contributed by atoms with Gasteiger partial charge in [0.1, 0.15) is 0 Å². The molecule has 0 unspecified atom stereocenters. The maximum atomic E-state index is 12.4. The normalized spacial score (nSPS) is 21.0. The minimum Gasteiger partial charge on any atom is -0.312 e. The highest BCUT2D eigenvalue weighted by Crippen LogP contribution is 2.38. The minimum absolute atomic E-state index is 0.0581. The number of carbonyl (C=O) groups excluding carboxylic acids is 1. The summed E-state index contributed by atoms with van der Waals surface area (Å²) in [7, 11) is 1.77. The highest BCUT2D eigenvalue weighted by Gasteiger charge is 2.41. The van der Waals surface area contributed by atoms with E-state index < -0.39 is 0 Å². The van der Waals surface area contributed by atoms with Gasteiger partial charge in [-0.1, -0.05) is 36.6 Å². The highest BCUT2D eigenvalue weighted by molar-refractivity contribution is 5.89. The van der Waals surface area contributed by atoms with E-state index in [1.54, 1.807) is 17.9 Å². The lowest BCUT2D eigenvalue weighted by Crippen LogP contribution is -2.50. The number of urea groups is 1. The molecule has 1 aliphatic heterocycles. The molecule has 1 aromatic rings. The Morgan fingerprint density at radius 3 is 2.84 bits per heavy atom. The first-order valence-electron chi connectivity index (χ1n) is 6.82. The molecule has 6 heteroatoms. The van der Waals surface area contributed by atoms with E-state index in [-0.39, 0.29) is 11.6 Å². The molecule has 2 heterocycles. The Labute approximate surface area is 112 Å². The van der Waals surface area contributed by atoms with Crippen LogP contribution < -0.4 is 5.32 Å². The molecule has 0 bridgehead atoms. The summed E-state index contributed by atoms with van der Waals surface area (Å²) < 4.78 is 1.56. The molecule has 2 aliphatic rings. The molecule has 1 aliphatic carbocycles. The maximum absolute atomic E-state index is 12.4. The van der Waals surface area contributed by atoms with Crippen LogP contribution in [0.4, 0.5) is 10.6 Å². The fourth-order valence-electron chi connectivity index (χ4n) is 3.11. The molecule has 0 saturated heterocycles. The number of amides is 2. The number of hydrogen-bond donors (Lipinski definition) is 1. The molecule has 1 spiro atoms. The summed E-state index contributed by atoms with van der Waals surface area (Å²) in [6.45, 7) is 0.692. The lowest BCUT2D eigenvalue weighted by atomic mass is 9.81. The van der Waals surface area contributed by atoms with Crippen LogP contribution in [-0.2, 0) is 7.05 Å². The summed E-state index contributed by atoms with van der Waals surface area (Å²) in [4.78, 5) is 14.4. The molecular formula is C13H19N5O. The first kappa shape index (κ1) is 12.2. The number of aryl methyl sites for hydroxylation is 1. The largest absolute Gasteiger partial charge is 0.324 e.